The first kappa shape index (κ1) is 8.61. The van der Waals surface area contributed by atoms with Crippen LogP contribution in [-0.2, 0) is 0 Å². The van der Waals surface area contributed by atoms with Gasteiger partial charge in [-0.2, -0.15) is 0 Å². The van der Waals surface area contributed by atoms with Crippen LogP contribution in [0.25, 0.3) is 0 Å². The number of nitrogens with zero attached hydrogens (tertiary/aromatic N) is 2. The van der Waals surface area contributed by atoms with Gasteiger partial charge in [-0.15, -0.1) is 0 Å². The van der Waals surface area contributed by atoms with Crippen LogP contribution in [0.1, 0.15) is 18.5 Å². The fourth-order valence-electron chi connectivity index (χ4n) is 0.934. The summed E-state index contributed by atoms with van der Waals surface area (Å²) < 4.78 is 0. The van der Waals surface area contributed by atoms with Crippen molar-refractivity contribution in [3.8, 4) is 0 Å². The van der Waals surface area contributed by atoms with Crippen LogP contribution in [0.2, 0.25) is 0 Å². The highest BCUT2D eigenvalue weighted by atomic mass is 16.6. The number of aromatic nitrogens is 1. The molecule has 0 unspecified atom stereocenters. The zero-order chi connectivity index (χ0) is 9.14. The minimum Gasteiger partial charge on any atom is -0.324 e. The molecule has 2 N–H and O–H groups in total. The van der Waals surface area contributed by atoms with Gasteiger partial charge >= 0.3 is 0 Å². The fraction of sp³-hybridized carbons (Fsp3) is 0.286. The second-order valence-corrected chi connectivity index (χ2v) is 2.48. The molecule has 1 aromatic rings. The van der Waals surface area contributed by atoms with Gasteiger partial charge < -0.3 is 5.73 Å². The summed E-state index contributed by atoms with van der Waals surface area (Å²) in [6, 6.07) is 1.22. The average molecular weight is 167 g/mol. The molecule has 0 saturated carbocycles. The Labute approximate surface area is 69.4 Å². The first-order chi connectivity index (χ1) is 5.63. The minimum atomic E-state index is -0.480. The Hall–Kier alpha value is -1.49. The lowest BCUT2D eigenvalue weighted by atomic mass is 10.1. The first-order valence-corrected chi connectivity index (χ1v) is 3.47. The summed E-state index contributed by atoms with van der Waals surface area (Å²) in [6.45, 7) is 1.70. The maximum atomic E-state index is 10.4. The van der Waals surface area contributed by atoms with E-state index in [4.69, 9.17) is 5.73 Å². The van der Waals surface area contributed by atoms with Crippen LogP contribution in [0.4, 0.5) is 5.69 Å². The van der Waals surface area contributed by atoms with Crippen LogP contribution in [0.5, 0.6) is 0 Å². The highest BCUT2D eigenvalue weighted by Gasteiger charge is 2.15. The fourth-order valence-corrected chi connectivity index (χ4v) is 0.934. The lowest BCUT2D eigenvalue weighted by molar-refractivity contribution is -0.386. The first-order valence-electron chi connectivity index (χ1n) is 3.47. The van der Waals surface area contributed by atoms with Crippen molar-refractivity contribution in [3.63, 3.8) is 0 Å². The van der Waals surface area contributed by atoms with Gasteiger partial charge in [0.2, 0.25) is 0 Å². The number of nitro groups is 1. The molecule has 0 aliphatic heterocycles. The third-order valence-corrected chi connectivity index (χ3v) is 1.52. The predicted molar refractivity (Wildman–Crippen MR) is 43.5 cm³/mol. The highest BCUT2D eigenvalue weighted by molar-refractivity contribution is 5.38. The molecule has 0 fully saturated rings. The lowest BCUT2D eigenvalue weighted by Crippen LogP contribution is -2.08. The second kappa shape index (κ2) is 3.27. The van der Waals surface area contributed by atoms with Gasteiger partial charge in [-0.1, -0.05) is 0 Å². The molecule has 1 rings (SSSR count). The van der Waals surface area contributed by atoms with Crippen molar-refractivity contribution in [3.05, 3.63) is 34.1 Å². The molecule has 0 saturated heterocycles. The van der Waals surface area contributed by atoms with Crippen molar-refractivity contribution in [2.24, 2.45) is 5.73 Å². The number of nitrogens with two attached hydrogens (primary N) is 1. The molecule has 0 radical (unpaired) electrons. The Bertz CT molecular complexity index is 298. The predicted octanol–water partition coefficient (Wildman–Crippen LogP) is 1.01. The summed E-state index contributed by atoms with van der Waals surface area (Å²) in [5.74, 6) is 0. The largest absolute Gasteiger partial charge is 0.324 e. The van der Waals surface area contributed by atoms with Crippen molar-refractivity contribution in [2.45, 2.75) is 13.0 Å². The molecule has 0 aromatic carbocycles. The van der Waals surface area contributed by atoms with Gasteiger partial charge in [0.05, 0.1) is 4.92 Å². The van der Waals surface area contributed by atoms with E-state index < -0.39 is 4.92 Å². The zero-order valence-electron chi connectivity index (χ0n) is 6.60. The molecule has 5 nitrogen and oxygen atoms in total. The monoisotopic (exact) mass is 167 g/mol. The smallest absolute Gasteiger partial charge is 0.292 e. The Balaban J connectivity index is 3.17. The minimum absolute atomic E-state index is 0.0208. The van der Waals surface area contributed by atoms with Gasteiger partial charge in [0.1, 0.15) is 6.20 Å². The van der Waals surface area contributed by atoms with E-state index in [1.54, 1.807) is 13.0 Å². The molecule has 0 bridgehead atoms. The lowest BCUT2D eigenvalue weighted by Gasteiger charge is -2.04. The van der Waals surface area contributed by atoms with Crippen molar-refractivity contribution in [1.82, 2.24) is 4.98 Å². The number of pyridine rings is 1. The van der Waals surface area contributed by atoms with Gasteiger partial charge in [-0.3, -0.25) is 15.1 Å². The van der Waals surface area contributed by atoms with E-state index >= 15 is 0 Å². The zero-order valence-corrected chi connectivity index (χ0v) is 6.60. The van der Waals surface area contributed by atoms with Crippen LogP contribution in [0.15, 0.2) is 18.5 Å². The van der Waals surface area contributed by atoms with Crippen molar-refractivity contribution in [2.75, 3.05) is 0 Å². The molecule has 0 amide bonds. The van der Waals surface area contributed by atoms with E-state index in [9.17, 15) is 10.1 Å². The third kappa shape index (κ3) is 1.57. The van der Waals surface area contributed by atoms with Crippen LogP contribution in [-0.4, -0.2) is 9.91 Å². The summed E-state index contributed by atoms with van der Waals surface area (Å²) in [7, 11) is 0. The second-order valence-electron chi connectivity index (χ2n) is 2.48. The number of hydrogen-bond acceptors (Lipinski definition) is 4. The van der Waals surface area contributed by atoms with Gasteiger partial charge in [-0.05, 0) is 13.0 Å². The van der Waals surface area contributed by atoms with E-state index in [-0.39, 0.29) is 11.7 Å². The molecule has 0 aliphatic rings. The Morgan fingerprint density at radius 3 is 2.83 bits per heavy atom. The van der Waals surface area contributed by atoms with Crippen molar-refractivity contribution < 1.29 is 4.92 Å². The van der Waals surface area contributed by atoms with E-state index in [0.29, 0.717) is 5.56 Å². The molecule has 0 spiro atoms. The summed E-state index contributed by atoms with van der Waals surface area (Å²) in [5.41, 5.74) is 6.01. The van der Waals surface area contributed by atoms with E-state index in [1.165, 1.54) is 12.4 Å². The quantitative estimate of drug-likeness (QED) is 0.526. The van der Waals surface area contributed by atoms with E-state index in [2.05, 4.69) is 4.98 Å². The topological polar surface area (TPSA) is 82.0 Å². The van der Waals surface area contributed by atoms with Crippen LogP contribution < -0.4 is 5.73 Å². The summed E-state index contributed by atoms with van der Waals surface area (Å²) in [5, 5.41) is 10.4. The van der Waals surface area contributed by atoms with Gasteiger partial charge in [0.25, 0.3) is 5.69 Å². The van der Waals surface area contributed by atoms with Crippen molar-refractivity contribution >= 4 is 5.69 Å². The Kier molecular flexibility index (Phi) is 2.35. The maximum absolute atomic E-state index is 10.4. The van der Waals surface area contributed by atoms with Crippen LogP contribution in [0.3, 0.4) is 0 Å². The summed E-state index contributed by atoms with van der Waals surface area (Å²) in [4.78, 5) is 13.6. The highest BCUT2D eigenvalue weighted by Crippen LogP contribution is 2.20. The van der Waals surface area contributed by atoms with E-state index in [0.717, 1.165) is 0 Å². The molecule has 1 heterocycles. The van der Waals surface area contributed by atoms with E-state index in [1.807, 2.05) is 0 Å². The van der Waals surface area contributed by atoms with Gasteiger partial charge in [0.15, 0.2) is 0 Å². The van der Waals surface area contributed by atoms with Crippen LogP contribution in [0, 0.1) is 10.1 Å². The third-order valence-electron chi connectivity index (χ3n) is 1.52. The van der Waals surface area contributed by atoms with Gasteiger partial charge in [-0.25, -0.2) is 0 Å². The Morgan fingerprint density at radius 2 is 2.42 bits per heavy atom. The molecular formula is C7H9N3O2. The molecular weight excluding hydrogens is 158 g/mol. The summed E-state index contributed by atoms with van der Waals surface area (Å²) in [6.07, 6.45) is 2.70. The summed E-state index contributed by atoms with van der Waals surface area (Å²) >= 11 is 0. The molecule has 1 aromatic heterocycles. The maximum Gasteiger partial charge on any atom is 0.292 e. The molecule has 0 aliphatic carbocycles. The normalized spacial score (nSPS) is 12.5. The van der Waals surface area contributed by atoms with Crippen molar-refractivity contribution in [1.29, 1.82) is 0 Å². The standard InChI is InChI=1S/C7H9N3O2/c1-5(8)6-2-3-9-4-7(6)10(11)12/h2-5H,8H2,1H3/t5-/m0/s1. The molecule has 64 valence electrons. The molecule has 12 heavy (non-hydrogen) atoms. The SMILES string of the molecule is C[C@H](N)c1ccncc1[N+](=O)[O-]. The molecule has 5 heteroatoms. The number of rotatable bonds is 2. The Morgan fingerprint density at radius 1 is 1.75 bits per heavy atom. The average Bonchev–Trinajstić information content (AvgIpc) is 2.04. The number of hydrogen-bond donors (Lipinski definition) is 1. The molecule has 1 atom stereocenters. The van der Waals surface area contributed by atoms with Crippen LogP contribution >= 0.6 is 0 Å². The van der Waals surface area contributed by atoms with Gasteiger partial charge in [0, 0.05) is 17.8 Å².